The SMILES string of the molecule is CCc1nc(NC(=O)CC(C)C)sc1C(=O)O. The average Bonchev–Trinajstić information content (AvgIpc) is 2.59. The minimum absolute atomic E-state index is 0.131. The van der Waals surface area contributed by atoms with Gasteiger partial charge in [0.15, 0.2) is 5.13 Å². The molecule has 1 rings (SSSR count). The lowest BCUT2D eigenvalue weighted by Gasteiger charge is -2.03. The Hall–Kier alpha value is -1.43. The number of carbonyl (C=O) groups is 2. The predicted molar refractivity (Wildman–Crippen MR) is 66.5 cm³/mol. The Balaban J connectivity index is 2.79. The number of hydrogen-bond donors (Lipinski definition) is 2. The molecule has 1 heterocycles. The molecule has 0 aliphatic rings. The van der Waals surface area contributed by atoms with Crippen molar-refractivity contribution in [2.75, 3.05) is 5.32 Å². The van der Waals surface area contributed by atoms with E-state index in [1.54, 1.807) is 0 Å². The molecule has 0 saturated heterocycles. The molecule has 1 amide bonds. The maximum absolute atomic E-state index is 11.5. The Morgan fingerprint density at radius 2 is 2.12 bits per heavy atom. The van der Waals surface area contributed by atoms with E-state index in [0.29, 0.717) is 23.7 Å². The van der Waals surface area contributed by atoms with Crippen LogP contribution in [0.2, 0.25) is 0 Å². The monoisotopic (exact) mass is 256 g/mol. The second-order valence-electron chi connectivity index (χ2n) is 4.10. The van der Waals surface area contributed by atoms with Gasteiger partial charge in [-0.2, -0.15) is 0 Å². The first kappa shape index (κ1) is 13.6. The fourth-order valence-electron chi connectivity index (χ4n) is 1.35. The number of aryl methyl sites for hydroxylation is 1. The highest BCUT2D eigenvalue weighted by Crippen LogP contribution is 2.23. The van der Waals surface area contributed by atoms with E-state index in [2.05, 4.69) is 10.3 Å². The molecule has 2 N–H and O–H groups in total. The van der Waals surface area contributed by atoms with E-state index in [1.165, 1.54) is 0 Å². The van der Waals surface area contributed by atoms with E-state index in [9.17, 15) is 9.59 Å². The molecule has 0 aliphatic heterocycles. The number of anilines is 1. The van der Waals surface area contributed by atoms with Crippen LogP contribution < -0.4 is 5.32 Å². The smallest absolute Gasteiger partial charge is 0.347 e. The first-order valence-corrected chi connectivity index (χ1v) is 6.28. The van der Waals surface area contributed by atoms with Gasteiger partial charge in [-0.3, -0.25) is 4.79 Å². The van der Waals surface area contributed by atoms with Crippen LogP contribution >= 0.6 is 11.3 Å². The fraction of sp³-hybridized carbons (Fsp3) is 0.545. The zero-order valence-corrected chi connectivity index (χ0v) is 10.9. The number of nitrogens with zero attached hydrogens (tertiary/aromatic N) is 1. The number of amides is 1. The minimum Gasteiger partial charge on any atom is -0.477 e. The van der Waals surface area contributed by atoms with Gasteiger partial charge in [0.25, 0.3) is 0 Å². The summed E-state index contributed by atoms with van der Waals surface area (Å²) in [5, 5.41) is 11.9. The van der Waals surface area contributed by atoms with Crippen LogP contribution in [-0.4, -0.2) is 22.0 Å². The van der Waals surface area contributed by atoms with Crippen LogP contribution in [0.5, 0.6) is 0 Å². The number of carbonyl (C=O) groups excluding carboxylic acids is 1. The fourth-order valence-corrected chi connectivity index (χ4v) is 2.26. The summed E-state index contributed by atoms with van der Waals surface area (Å²) in [4.78, 5) is 26.7. The number of nitrogens with one attached hydrogen (secondary N) is 1. The summed E-state index contributed by atoms with van der Waals surface area (Å²) in [6.07, 6.45) is 0.946. The molecule has 0 aromatic carbocycles. The highest BCUT2D eigenvalue weighted by atomic mass is 32.1. The number of aromatic nitrogens is 1. The number of rotatable bonds is 5. The van der Waals surface area contributed by atoms with Crippen LogP contribution in [0.4, 0.5) is 5.13 Å². The maximum atomic E-state index is 11.5. The lowest BCUT2D eigenvalue weighted by molar-refractivity contribution is -0.116. The van der Waals surface area contributed by atoms with Gasteiger partial charge in [-0.25, -0.2) is 9.78 Å². The van der Waals surface area contributed by atoms with Crippen LogP contribution in [0.3, 0.4) is 0 Å². The molecule has 17 heavy (non-hydrogen) atoms. The highest BCUT2D eigenvalue weighted by Gasteiger charge is 2.17. The normalized spacial score (nSPS) is 10.6. The summed E-state index contributed by atoms with van der Waals surface area (Å²) in [5.74, 6) is -0.864. The van der Waals surface area contributed by atoms with Crippen molar-refractivity contribution in [3.05, 3.63) is 10.6 Å². The molecule has 0 unspecified atom stereocenters. The van der Waals surface area contributed by atoms with Crippen LogP contribution in [0.15, 0.2) is 0 Å². The van der Waals surface area contributed by atoms with Gasteiger partial charge in [-0.15, -0.1) is 0 Å². The summed E-state index contributed by atoms with van der Waals surface area (Å²) >= 11 is 1.01. The van der Waals surface area contributed by atoms with Gasteiger partial charge in [-0.05, 0) is 12.3 Å². The van der Waals surface area contributed by atoms with Gasteiger partial charge in [0, 0.05) is 6.42 Å². The molecule has 0 aliphatic carbocycles. The third kappa shape index (κ3) is 3.81. The van der Waals surface area contributed by atoms with E-state index in [0.717, 1.165) is 11.3 Å². The number of carboxylic acid groups (broad SMARTS) is 1. The molecule has 0 fully saturated rings. The number of aromatic carboxylic acids is 1. The summed E-state index contributed by atoms with van der Waals surface area (Å²) in [5.41, 5.74) is 0.516. The van der Waals surface area contributed by atoms with Crippen molar-refractivity contribution in [2.45, 2.75) is 33.6 Å². The molecular weight excluding hydrogens is 240 g/mol. The van der Waals surface area contributed by atoms with Crippen LogP contribution in [0.25, 0.3) is 0 Å². The molecule has 5 nitrogen and oxygen atoms in total. The molecule has 0 radical (unpaired) electrons. The molecule has 0 spiro atoms. The number of carboxylic acids is 1. The largest absolute Gasteiger partial charge is 0.477 e. The van der Waals surface area contributed by atoms with Crippen molar-refractivity contribution in [2.24, 2.45) is 5.92 Å². The molecule has 6 heteroatoms. The Bertz CT molecular complexity index is 426. The third-order valence-electron chi connectivity index (χ3n) is 2.07. The van der Waals surface area contributed by atoms with Crippen LogP contribution in [-0.2, 0) is 11.2 Å². The Labute approximate surface area is 104 Å². The average molecular weight is 256 g/mol. The highest BCUT2D eigenvalue weighted by molar-refractivity contribution is 7.17. The van der Waals surface area contributed by atoms with E-state index in [4.69, 9.17) is 5.11 Å². The standard InChI is InChI=1S/C11H16N2O3S/c1-4-7-9(10(15)16)17-11(12-7)13-8(14)5-6(2)3/h6H,4-5H2,1-3H3,(H,15,16)(H,12,13,14). The quantitative estimate of drug-likeness (QED) is 0.847. The van der Waals surface area contributed by atoms with Crippen LogP contribution in [0, 0.1) is 5.92 Å². The van der Waals surface area contributed by atoms with Crippen molar-refractivity contribution >= 4 is 28.3 Å². The number of hydrogen-bond acceptors (Lipinski definition) is 4. The van der Waals surface area contributed by atoms with E-state index in [1.807, 2.05) is 20.8 Å². The van der Waals surface area contributed by atoms with Crippen LogP contribution in [0.1, 0.15) is 42.6 Å². The van der Waals surface area contributed by atoms with Gasteiger partial charge >= 0.3 is 5.97 Å². The first-order valence-electron chi connectivity index (χ1n) is 5.46. The summed E-state index contributed by atoms with van der Waals surface area (Å²) in [7, 11) is 0. The third-order valence-corrected chi connectivity index (χ3v) is 3.07. The summed E-state index contributed by atoms with van der Waals surface area (Å²) < 4.78 is 0. The van der Waals surface area contributed by atoms with Crippen molar-refractivity contribution < 1.29 is 14.7 Å². The van der Waals surface area contributed by atoms with E-state index >= 15 is 0 Å². The van der Waals surface area contributed by atoms with E-state index in [-0.39, 0.29) is 16.7 Å². The lowest BCUT2D eigenvalue weighted by atomic mass is 10.1. The van der Waals surface area contributed by atoms with Gasteiger partial charge in [0.2, 0.25) is 5.91 Å². The Kier molecular flexibility index (Phi) is 4.62. The first-order chi connectivity index (χ1) is 7.93. The lowest BCUT2D eigenvalue weighted by Crippen LogP contribution is -2.13. The topological polar surface area (TPSA) is 79.3 Å². The molecular formula is C11H16N2O3S. The molecule has 0 bridgehead atoms. The van der Waals surface area contributed by atoms with E-state index < -0.39 is 5.97 Å². The second-order valence-corrected chi connectivity index (χ2v) is 5.10. The van der Waals surface area contributed by atoms with Crippen molar-refractivity contribution in [3.8, 4) is 0 Å². The van der Waals surface area contributed by atoms with Crippen molar-refractivity contribution in [1.82, 2.24) is 4.98 Å². The molecule has 0 saturated carbocycles. The summed E-state index contributed by atoms with van der Waals surface area (Å²) in [6.45, 7) is 5.73. The predicted octanol–water partition coefficient (Wildman–Crippen LogP) is 2.39. The van der Waals surface area contributed by atoms with Gasteiger partial charge in [0.05, 0.1) is 5.69 Å². The molecule has 94 valence electrons. The zero-order chi connectivity index (χ0) is 13.0. The minimum atomic E-state index is -0.997. The molecule has 1 aromatic rings. The van der Waals surface area contributed by atoms with Crippen molar-refractivity contribution in [1.29, 1.82) is 0 Å². The zero-order valence-electron chi connectivity index (χ0n) is 10.1. The Morgan fingerprint density at radius 1 is 1.47 bits per heavy atom. The maximum Gasteiger partial charge on any atom is 0.347 e. The molecule has 0 atom stereocenters. The summed E-state index contributed by atoms with van der Waals surface area (Å²) in [6, 6.07) is 0. The number of thiazole rings is 1. The van der Waals surface area contributed by atoms with Crippen molar-refractivity contribution in [3.63, 3.8) is 0 Å². The van der Waals surface area contributed by atoms with Gasteiger partial charge in [0.1, 0.15) is 4.88 Å². The van der Waals surface area contributed by atoms with Gasteiger partial charge in [-0.1, -0.05) is 32.1 Å². The van der Waals surface area contributed by atoms with Gasteiger partial charge < -0.3 is 10.4 Å². The molecule has 1 aromatic heterocycles. The Morgan fingerprint density at radius 3 is 2.53 bits per heavy atom. The second kappa shape index (κ2) is 5.77.